The van der Waals surface area contributed by atoms with E-state index < -0.39 is 99.3 Å². The zero-order chi connectivity index (χ0) is 123. The number of aromatic nitrogens is 3. The van der Waals surface area contributed by atoms with E-state index in [0.29, 0.717) is 38.8 Å². The van der Waals surface area contributed by atoms with Crippen molar-refractivity contribution in [3.05, 3.63) is 445 Å². The van der Waals surface area contributed by atoms with Gasteiger partial charge in [-0.2, -0.15) is 0 Å². The Kier molecular flexibility index (Phi) is 19.5. The van der Waals surface area contributed by atoms with Crippen molar-refractivity contribution < 1.29 is 50.7 Å². The second-order valence-corrected chi connectivity index (χ2v) is 41.1. The molecule has 0 fully saturated rings. The Morgan fingerprint density at radius 2 is 0.503 bits per heavy atom. The van der Waals surface area contributed by atoms with Crippen LogP contribution in [0.25, 0.3) is 67.2 Å². The van der Waals surface area contributed by atoms with Crippen LogP contribution in [0.2, 0.25) is 0 Å². The average Bonchev–Trinajstić information content (AvgIpc) is 0.725. The second kappa shape index (κ2) is 39.8. The molecule has 3 nitrogen and oxygen atoms in total. The molecule has 0 spiro atoms. The van der Waals surface area contributed by atoms with Crippen LogP contribution in [0.5, 0.6) is 0 Å². The molecule has 0 bridgehead atoms. The first-order valence-electron chi connectivity index (χ1n) is 63.0. The van der Waals surface area contributed by atoms with Crippen molar-refractivity contribution in [1.29, 1.82) is 0 Å². The summed E-state index contributed by atoms with van der Waals surface area (Å²) >= 11 is 0. The Morgan fingerprint density at radius 3 is 0.790 bits per heavy atom. The first-order valence-corrected chi connectivity index (χ1v) is 49.5. The summed E-state index contributed by atoms with van der Waals surface area (Å²) in [6.07, 6.45) is 3.25. The van der Waals surface area contributed by atoms with E-state index in [1.807, 2.05) is 219 Å². The van der Waals surface area contributed by atoms with Crippen molar-refractivity contribution >= 4 is 139 Å². The number of aryl methyl sites for hydroxylation is 21. The lowest BCUT2D eigenvalue weighted by atomic mass is 9.20. The summed E-state index contributed by atoms with van der Waals surface area (Å²) in [5, 5.41) is 0. The fourth-order valence-corrected chi connectivity index (χ4v) is 23.1. The summed E-state index contributed by atoms with van der Waals surface area (Å²) in [7, 11) is 5.66. The van der Waals surface area contributed by atoms with Crippen LogP contribution >= 0.6 is 0 Å². The quantitative estimate of drug-likeness (QED) is 0.0760. The third-order valence-corrected chi connectivity index (χ3v) is 30.1. The molecular weight excluding hydrogens is 1720 g/mol. The van der Waals surface area contributed by atoms with Gasteiger partial charge in [0.05, 0.1) is 0 Å². The number of fused-ring (bicyclic) bond motifs is 6. The van der Waals surface area contributed by atoms with E-state index in [0.717, 1.165) is 188 Å². The molecule has 9 heteroatoms. The zero-order valence-corrected chi connectivity index (χ0v) is 85.1. The van der Waals surface area contributed by atoms with Gasteiger partial charge in [-0.05, 0) is 227 Å². The predicted molar refractivity (Wildman–Crippen MR) is 624 cm³/mol. The molecule has 6 heterocycles. The molecule has 0 saturated carbocycles. The van der Waals surface area contributed by atoms with Gasteiger partial charge in [0, 0.05) is 89.1 Å². The molecule has 0 atom stereocenters. The van der Waals surface area contributed by atoms with Crippen molar-refractivity contribution in [2.75, 3.05) is 0 Å². The lowest BCUT2D eigenvalue weighted by Gasteiger charge is -2.34. The van der Waals surface area contributed by atoms with Gasteiger partial charge < -0.3 is 0 Å². The van der Waals surface area contributed by atoms with Gasteiger partial charge >= 0.3 is 0 Å². The molecule has 0 N–H and O–H groups in total. The largest absolute Gasteiger partial charge is 0.240 e. The second-order valence-electron chi connectivity index (χ2n) is 41.1. The number of hydrogen-bond donors (Lipinski definition) is 0. The molecule has 3 aliphatic rings. The molecule has 15 aromatic carbocycles. The highest BCUT2D eigenvalue weighted by Gasteiger charge is 2.45. The molecule has 0 radical (unpaired) electrons. The number of hydrogen-bond acceptors (Lipinski definition) is 0. The minimum absolute atomic E-state index is 0.0361. The summed E-state index contributed by atoms with van der Waals surface area (Å²) in [6.45, 7) is 6.89. The number of benzene rings is 15. The Balaban J connectivity index is 0.000000157. The van der Waals surface area contributed by atoms with Crippen LogP contribution in [-0.2, 0) is 27.5 Å². The number of rotatable bonds is 14. The Morgan fingerprint density at radius 1 is 0.252 bits per heavy atom. The topological polar surface area (TPSA) is 11.6 Å². The van der Waals surface area contributed by atoms with Crippen LogP contribution in [0.15, 0.2) is 334 Å². The predicted octanol–water partition coefficient (Wildman–Crippen LogP) is 17.8. The van der Waals surface area contributed by atoms with Gasteiger partial charge in [-0.1, -0.05) is 473 Å². The number of nitrogens with zero attached hydrogens (tertiary/aromatic N) is 3. The minimum Gasteiger partial charge on any atom is -0.201 e. The van der Waals surface area contributed by atoms with E-state index in [-0.39, 0.29) is 52.4 Å². The van der Waals surface area contributed by atoms with Crippen LogP contribution < -0.4 is 112 Å². The standard InChI is InChI=1S/C47H50B2N.C45H46B2N.C42H40B2N/c1-30-21-22-36(25-39(30)44-27-38(28-47(7,8)9)35(6)29-50(44)10)37-23-24-42-43(26-37)49(46-33(4)17-14-18-34(46)5)41-20-12-11-19-40(41)48(42)45-31(2)15-13-16-32(45)3;1-28(2)37-26-43(48(9)27-34(37)8)38-24-35(21-20-29(38)3)36-22-23-41-42(25-36)47(45-32(6)16-13-17-33(45)7)40-19-11-10-18-39(40)46(41)44-30(4)14-12-15-31(44)5;1-27-22-23-45(7)40(24-27)35-25-33(19-18-28(35)2)34-20-21-38-39(26-34)44(42-31(5)14-11-15-32(42)6)37-17-9-8-16-36(37)43(38)41-29(3)12-10-13-30(41)4/h11-27,29H,28H2,1-10H3;10-28H,1-9H3;8-26H,1-7H3/q3*+1/i2D3,4D3,6D3,28D2;4D3,6D3,8D3,28D;3D3,5D3. The van der Waals surface area contributed by atoms with E-state index in [9.17, 15) is 2.74 Å². The fraction of sp³-hybridized carbons (Fsp3) is 0.216. The molecule has 0 unspecified atom stereocenters. The third kappa shape index (κ3) is 18.6. The molecular formula is C134H136B6N3+3. The maximum Gasteiger partial charge on any atom is 0.240 e. The van der Waals surface area contributed by atoms with E-state index in [2.05, 4.69) is 129 Å². The summed E-state index contributed by atoms with van der Waals surface area (Å²) < 4.78 is 238. The van der Waals surface area contributed by atoms with Crippen molar-refractivity contribution in [2.45, 2.75) is 171 Å². The Labute approximate surface area is 894 Å². The monoisotopic (exact) mass is 1880 g/mol. The molecule has 702 valence electrons. The minimum atomic E-state index is -2.55. The highest BCUT2D eigenvalue weighted by molar-refractivity contribution is 7.13. The van der Waals surface area contributed by atoms with Gasteiger partial charge in [0.25, 0.3) is 0 Å². The van der Waals surface area contributed by atoms with Crippen molar-refractivity contribution in [3.63, 3.8) is 0 Å². The Bertz CT molecular complexity index is 9260. The maximum absolute atomic E-state index is 9.18. The van der Waals surface area contributed by atoms with E-state index >= 15 is 0 Å². The summed E-state index contributed by atoms with van der Waals surface area (Å²) in [4.78, 5) is 0. The van der Waals surface area contributed by atoms with Gasteiger partial charge in [0.15, 0.2) is 18.6 Å². The Hall–Kier alpha value is -13.9. The van der Waals surface area contributed by atoms with Gasteiger partial charge in [-0.3, -0.25) is 0 Å². The van der Waals surface area contributed by atoms with Crippen molar-refractivity contribution in [3.8, 4) is 67.2 Å². The van der Waals surface area contributed by atoms with Crippen LogP contribution in [0, 0.1) is 129 Å². The maximum atomic E-state index is 9.18. The molecule has 18 aromatic rings. The fourth-order valence-electron chi connectivity index (χ4n) is 23.1. The summed E-state index contributed by atoms with van der Waals surface area (Å²) in [5.41, 5.74) is 37.5. The highest BCUT2D eigenvalue weighted by Crippen LogP contribution is 2.36. The van der Waals surface area contributed by atoms with Crippen LogP contribution in [0.3, 0.4) is 0 Å². The first kappa shape index (κ1) is 69.9. The molecule has 3 aromatic heterocycles. The number of pyridine rings is 3. The van der Waals surface area contributed by atoms with E-state index in [4.69, 9.17) is 34.3 Å². The summed E-state index contributed by atoms with van der Waals surface area (Å²) in [6, 6.07) is 102. The van der Waals surface area contributed by atoms with Crippen LogP contribution in [-0.4, -0.2) is 40.3 Å². The lowest BCUT2D eigenvalue weighted by molar-refractivity contribution is -0.660. The highest BCUT2D eigenvalue weighted by atomic mass is 14.9. The van der Waals surface area contributed by atoms with E-state index in [1.165, 1.54) is 17.3 Å². The SMILES string of the molecule is [2H]C([2H])([2H])c1c[n+](C)c(-c2cc(-c3ccc4c(c3)B(c3c(C)cccc3C([2H])([2H])[2H])c3ccccc3B4c3c(C)cccc3C([2H])([2H])[2H])ccc2C)cc1C([2H])(C)C.[2H]C([2H])([2H])c1c[n+](C)c(-c2cc(-c3ccc4c(c3)B(c3c(C)cccc3C([2H])([2H])[2H])c3ccccc3B4c3c(C)cccc3C([2H])([2H])[2H])ccc2C)cc1C([2H])([2H])C(C)(C)C.[2H]C([2H])([2H])c1cccc(C)c1B1c2ccccc2B(c2c(C)cccc2C([2H])([2H])[2H])c2cc(-c3ccc(C)c(-c4cc(C)cc[n+]4C)c3)ccc21. The molecule has 21 rings (SSSR count). The first-order chi connectivity index (χ1) is 79.4. The van der Waals surface area contributed by atoms with Gasteiger partial charge in [0.2, 0.25) is 57.4 Å². The smallest absolute Gasteiger partial charge is 0.201 e. The average molecular weight is 1880 g/mol. The van der Waals surface area contributed by atoms with Gasteiger partial charge in [0.1, 0.15) is 21.1 Å². The van der Waals surface area contributed by atoms with E-state index in [1.54, 1.807) is 119 Å². The van der Waals surface area contributed by atoms with Crippen molar-refractivity contribution in [2.24, 2.45) is 26.6 Å². The molecule has 0 aliphatic carbocycles. The molecule has 0 saturated heterocycles. The molecule has 143 heavy (non-hydrogen) atoms. The summed E-state index contributed by atoms with van der Waals surface area (Å²) in [5.74, 6) is -1.17. The molecule has 3 aliphatic heterocycles. The van der Waals surface area contributed by atoms with Gasteiger partial charge in [-0.15, -0.1) is 0 Å². The molecule has 0 amide bonds. The van der Waals surface area contributed by atoms with Crippen LogP contribution in [0.4, 0.5) is 0 Å². The van der Waals surface area contributed by atoms with Crippen LogP contribution in [0.1, 0.15) is 189 Å². The normalized spacial score (nSPS) is 16.1. The third-order valence-electron chi connectivity index (χ3n) is 30.1. The van der Waals surface area contributed by atoms with Crippen molar-refractivity contribution in [1.82, 2.24) is 0 Å². The van der Waals surface area contributed by atoms with Gasteiger partial charge in [-0.25, -0.2) is 13.7 Å². The lowest BCUT2D eigenvalue weighted by Crippen LogP contribution is -2.75. The zero-order valence-electron chi connectivity index (χ0n) is 112.